The van der Waals surface area contributed by atoms with E-state index in [1.807, 2.05) is 0 Å². The second-order valence-electron chi connectivity index (χ2n) is 2.78. The molecule has 0 aliphatic heterocycles. The zero-order valence-electron chi connectivity index (χ0n) is 7.52. The minimum atomic E-state index is -0.791. The third kappa shape index (κ3) is 1.63. The van der Waals surface area contributed by atoms with Gasteiger partial charge in [0.05, 0.1) is 0 Å². The number of hydrogen-bond donors (Lipinski definition) is 2. The van der Waals surface area contributed by atoms with Crippen molar-refractivity contribution in [2.45, 2.75) is 6.92 Å². The Morgan fingerprint density at radius 1 is 1.79 bits per heavy atom. The van der Waals surface area contributed by atoms with Crippen LogP contribution < -0.4 is 10.5 Å². The molecule has 0 aliphatic carbocycles. The molecule has 0 amide bonds. The first-order valence-corrected chi connectivity index (χ1v) is 3.72. The Balaban J connectivity index is 3.29. The Morgan fingerprint density at radius 2 is 2.36 bits per heavy atom. The number of carbonyl (C=O) groups is 1. The van der Waals surface area contributed by atoms with Crippen molar-refractivity contribution in [2.24, 2.45) is 0 Å². The van der Waals surface area contributed by atoms with Gasteiger partial charge in [-0.2, -0.15) is 4.73 Å². The van der Waals surface area contributed by atoms with Crippen LogP contribution in [-0.4, -0.2) is 15.9 Å². The molecule has 74 valence electrons. The molecule has 1 aromatic rings. The number of hydrogen-bond acceptors (Lipinski definition) is 5. The van der Waals surface area contributed by atoms with E-state index in [0.29, 0.717) is 0 Å². The average Bonchev–Trinajstić information content (AvgIpc) is 2.10. The van der Waals surface area contributed by atoms with Gasteiger partial charge in [-0.25, -0.2) is 0 Å². The predicted molar refractivity (Wildman–Crippen MR) is 48.4 cm³/mol. The zero-order valence-corrected chi connectivity index (χ0v) is 7.52. The van der Waals surface area contributed by atoms with E-state index in [0.717, 1.165) is 6.20 Å². The first-order chi connectivity index (χ1) is 6.43. The first-order valence-electron chi connectivity index (χ1n) is 3.72. The Morgan fingerprint density at radius 3 is 2.86 bits per heavy atom. The van der Waals surface area contributed by atoms with Gasteiger partial charge in [0.25, 0.3) is 5.82 Å². The monoisotopic (exact) mass is 195 g/mol. The Hall–Kier alpha value is -2.11. The molecule has 0 unspecified atom stereocenters. The minimum Gasteiger partial charge on any atom is -0.708 e. The normalized spacial score (nSPS) is 9.79. The molecular formula is C8H9N3O3. The summed E-state index contributed by atoms with van der Waals surface area (Å²) < 4.78 is 0.0620. The molecule has 14 heavy (non-hydrogen) atoms. The molecule has 0 atom stereocenters. The summed E-state index contributed by atoms with van der Waals surface area (Å²) >= 11 is 0. The number of nitrogens with zero attached hydrogens (tertiary/aromatic N) is 2. The van der Waals surface area contributed by atoms with Gasteiger partial charge < -0.3 is 16.0 Å². The summed E-state index contributed by atoms with van der Waals surface area (Å²) in [5, 5.41) is 19.8. The van der Waals surface area contributed by atoms with Crippen molar-refractivity contribution < 1.29 is 14.6 Å². The van der Waals surface area contributed by atoms with Crippen molar-refractivity contribution >= 4 is 11.6 Å². The van der Waals surface area contributed by atoms with E-state index >= 15 is 0 Å². The summed E-state index contributed by atoms with van der Waals surface area (Å²) in [7, 11) is 0. The Labute approximate surface area is 79.9 Å². The van der Waals surface area contributed by atoms with E-state index in [1.165, 1.54) is 6.92 Å². The number of nitrogens with two attached hydrogens (primary N) is 1. The number of aromatic nitrogens is 2. The molecule has 6 heteroatoms. The van der Waals surface area contributed by atoms with Gasteiger partial charge in [0.15, 0.2) is 5.78 Å². The molecule has 0 spiro atoms. The molecule has 0 fully saturated rings. The van der Waals surface area contributed by atoms with Crippen LogP contribution in [0.2, 0.25) is 0 Å². The standard InChI is InChI=1S/C8H9N3O3/c1-4(2)6(12)5-3-11(14)8(13)10-7(5)9/h3H,1H2,2H3,(H3,9,10,13). The van der Waals surface area contributed by atoms with Crippen molar-refractivity contribution in [3.63, 3.8) is 0 Å². The third-order valence-corrected chi connectivity index (χ3v) is 1.57. The fraction of sp³-hybridized carbons (Fsp3) is 0.125. The van der Waals surface area contributed by atoms with Gasteiger partial charge in [-0.05, 0) is 12.5 Å². The van der Waals surface area contributed by atoms with Crippen LogP contribution in [0, 0.1) is 5.21 Å². The van der Waals surface area contributed by atoms with E-state index in [4.69, 9.17) is 10.8 Å². The average molecular weight is 195 g/mol. The van der Waals surface area contributed by atoms with E-state index < -0.39 is 11.8 Å². The number of aromatic hydroxyl groups is 1. The highest BCUT2D eigenvalue weighted by Gasteiger charge is 2.19. The second-order valence-corrected chi connectivity index (χ2v) is 2.78. The highest BCUT2D eigenvalue weighted by atomic mass is 16.5. The SMILES string of the molecule is C=C(C)C(=O)c1c[n+]([O-])c(O)nc1N. The molecule has 0 aliphatic rings. The molecule has 0 radical (unpaired) electrons. The van der Waals surface area contributed by atoms with E-state index in [1.54, 1.807) is 0 Å². The molecule has 6 nitrogen and oxygen atoms in total. The third-order valence-electron chi connectivity index (χ3n) is 1.57. The summed E-state index contributed by atoms with van der Waals surface area (Å²) in [6.45, 7) is 4.91. The molecule has 1 rings (SSSR count). The van der Waals surface area contributed by atoms with Gasteiger partial charge in [0, 0.05) is 4.98 Å². The van der Waals surface area contributed by atoms with Crippen molar-refractivity contribution in [1.29, 1.82) is 0 Å². The summed E-state index contributed by atoms with van der Waals surface area (Å²) in [6, 6.07) is -0.791. The predicted octanol–water partition coefficient (Wildman–Crippen LogP) is -0.238. The first kappa shape index (κ1) is 9.97. The van der Waals surface area contributed by atoms with Crippen molar-refractivity contribution in [2.75, 3.05) is 5.73 Å². The lowest BCUT2D eigenvalue weighted by Gasteiger charge is -2.04. The van der Waals surface area contributed by atoms with Crippen LogP contribution in [0.15, 0.2) is 18.3 Å². The van der Waals surface area contributed by atoms with Gasteiger partial charge in [-0.15, -0.1) is 0 Å². The zero-order chi connectivity index (χ0) is 10.9. The maximum Gasteiger partial charge on any atom is 0.501 e. The molecule has 1 aromatic heterocycles. The highest BCUT2D eigenvalue weighted by molar-refractivity contribution is 6.10. The fourth-order valence-corrected chi connectivity index (χ4v) is 0.863. The van der Waals surface area contributed by atoms with Gasteiger partial charge in [0.1, 0.15) is 11.8 Å². The van der Waals surface area contributed by atoms with Crippen LogP contribution in [0.25, 0.3) is 0 Å². The molecule has 1 heterocycles. The lowest BCUT2D eigenvalue weighted by molar-refractivity contribution is -0.616. The van der Waals surface area contributed by atoms with Crippen molar-refractivity contribution in [1.82, 2.24) is 4.98 Å². The number of rotatable bonds is 2. The molecule has 0 saturated carbocycles. The molecule has 0 aromatic carbocycles. The van der Waals surface area contributed by atoms with Crippen LogP contribution in [0.4, 0.5) is 5.82 Å². The fourth-order valence-electron chi connectivity index (χ4n) is 0.863. The summed E-state index contributed by atoms with van der Waals surface area (Å²) in [5.41, 5.74) is 5.52. The van der Waals surface area contributed by atoms with Gasteiger partial charge in [0.2, 0.25) is 0 Å². The van der Waals surface area contributed by atoms with Crippen molar-refractivity contribution in [3.8, 4) is 6.01 Å². The maximum absolute atomic E-state index is 11.4. The summed E-state index contributed by atoms with van der Waals surface area (Å²) in [5.74, 6) is -0.665. The number of Topliss-reactive ketones (excluding diaryl/α,β-unsaturated/α-hetero) is 1. The number of allylic oxidation sites excluding steroid dienone is 1. The van der Waals surface area contributed by atoms with Crippen LogP contribution in [0.5, 0.6) is 6.01 Å². The summed E-state index contributed by atoms with van der Waals surface area (Å²) in [6.07, 6.45) is 0.870. The number of carbonyl (C=O) groups excluding carboxylic acids is 1. The Kier molecular flexibility index (Phi) is 2.37. The van der Waals surface area contributed by atoms with Crippen molar-refractivity contribution in [3.05, 3.63) is 29.1 Å². The maximum atomic E-state index is 11.4. The minimum absolute atomic E-state index is 0.0620. The number of anilines is 1. The lowest BCUT2D eigenvalue weighted by Crippen LogP contribution is -2.29. The largest absolute Gasteiger partial charge is 0.708 e. The van der Waals surface area contributed by atoms with E-state index in [-0.39, 0.29) is 21.7 Å². The molecular weight excluding hydrogens is 186 g/mol. The van der Waals surface area contributed by atoms with Gasteiger partial charge in [-0.3, -0.25) is 4.79 Å². The molecule has 0 bridgehead atoms. The Bertz CT molecular complexity index is 415. The van der Waals surface area contributed by atoms with Crippen LogP contribution in [0.3, 0.4) is 0 Å². The quantitative estimate of drug-likeness (QED) is 0.293. The van der Waals surface area contributed by atoms with E-state index in [2.05, 4.69) is 11.6 Å². The number of nitrogen functional groups attached to an aromatic ring is 1. The lowest BCUT2D eigenvalue weighted by atomic mass is 10.1. The molecule has 3 N–H and O–H groups in total. The topological polar surface area (TPSA) is 103 Å². The van der Waals surface area contributed by atoms with E-state index in [9.17, 15) is 10.0 Å². The van der Waals surface area contributed by atoms with Crippen LogP contribution >= 0.6 is 0 Å². The molecule has 0 saturated heterocycles. The van der Waals surface area contributed by atoms with Crippen LogP contribution in [-0.2, 0) is 0 Å². The van der Waals surface area contributed by atoms with Crippen LogP contribution in [0.1, 0.15) is 17.3 Å². The summed E-state index contributed by atoms with van der Waals surface area (Å²) in [4.78, 5) is 14.7. The second kappa shape index (κ2) is 3.33. The van der Waals surface area contributed by atoms with Gasteiger partial charge >= 0.3 is 6.01 Å². The number of ketones is 1. The van der Waals surface area contributed by atoms with Gasteiger partial charge in [-0.1, -0.05) is 6.58 Å². The highest BCUT2D eigenvalue weighted by Crippen LogP contribution is 2.12. The smallest absolute Gasteiger partial charge is 0.501 e.